The second kappa shape index (κ2) is 5.97. The smallest absolute Gasteiger partial charge is 0.267 e. The highest BCUT2D eigenvalue weighted by Crippen LogP contribution is 2.38. The van der Waals surface area contributed by atoms with Gasteiger partial charge in [-0.3, -0.25) is 9.59 Å². The molecule has 7 heteroatoms. The molecule has 2 heterocycles. The molecule has 7 nitrogen and oxygen atoms in total. The van der Waals surface area contributed by atoms with Crippen molar-refractivity contribution >= 4 is 11.6 Å². The molecule has 0 radical (unpaired) electrons. The van der Waals surface area contributed by atoms with E-state index in [0.29, 0.717) is 17.5 Å². The molecule has 1 saturated carbocycles. The van der Waals surface area contributed by atoms with Crippen LogP contribution in [0.15, 0.2) is 35.3 Å². The fraction of sp³-hybridized carbons (Fsp3) is 0.333. The van der Waals surface area contributed by atoms with Crippen molar-refractivity contribution in [1.29, 1.82) is 0 Å². The Kier molecular flexibility index (Phi) is 3.86. The number of ether oxygens (including phenoxy) is 1. The van der Waals surface area contributed by atoms with Crippen LogP contribution >= 0.6 is 0 Å². The normalized spacial score (nSPS) is 13.7. The van der Waals surface area contributed by atoms with Crippen molar-refractivity contribution in [2.24, 2.45) is 0 Å². The maximum absolute atomic E-state index is 12.0. The molecular weight excluding hydrogens is 284 g/mol. The number of carbonyl (C=O) groups excluding carboxylic acids is 1. The van der Waals surface area contributed by atoms with Crippen molar-refractivity contribution in [3.8, 4) is 5.88 Å². The standard InChI is InChI=1S/C15H16N4O3/c1-22-14-6-4-11(8-16-14)17-13(20)9-19-15(21)7-5-12(18-19)10-2-3-10/h4-8,10H,2-3,9H2,1H3,(H,17,20). The van der Waals surface area contributed by atoms with E-state index in [0.717, 1.165) is 18.5 Å². The van der Waals surface area contributed by atoms with Crippen molar-refractivity contribution in [1.82, 2.24) is 14.8 Å². The summed E-state index contributed by atoms with van der Waals surface area (Å²) >= 11 is 0. The van der Waals surface area contributed by atoms with Gasteiger partial charge in [-0.05, 0) is 25.0 Å². The summed E-state index contributed by atoms with van der Waals surface area (Å²) in [5.74, 6) is 0.572. The Morgan fingerprint density at radius 3 is 2.82 bits per heavy atom. The quantitative estimate of drug-likeness (QED) is 0.895. The number of carbonyl (C=O) groups is 1. The van der Waals surface area contributed by atoms with Gasteiger partial charge in [0.25, 0.3) is 5.56 Å². The van der Waals surface area contributed by atoms with Crippen LogP contribution in [0.25, 0.3) is 0 Å². The highest BCUT2D eigenvalue weighted by atomic mass is 16.5. The van der Waals surface area contributed by atoms with Crippen LogP contribution in [0.1, 0.15) is 24.5 Å². The zero-order chi connectivity index (χ0) is 15.5. The molecule has 0 bridgehead atoms. The van der Waals surface area contributed by atoms with Gasteiger partial charge in [-0.15, -0.1) is 0 Å². The largest absolute Gasteiger partial charge is 0.481 e. The Hall–Kier alpha value is -2.70. The molecule has 22 heavy (non-hydrogen) atoms. The molecule has 0 saturated heterocycles. The van der Waals surface area contributed by atoms with Crippen LogP contribution in [0.3, 0.4) is 0 Å². The lowest BCUT2D eigenvalue weighted by molar-refractivity contribution is -0.117. The van der Waals surface area contributed by atoms with Gasteiger partial charge in [0.05, 0.1) is 24.7 Å². The summed E-state index contributed by atoms with van der Waals surface area (Å²) in [6.45, 7) is -0.120. The summed E-state index contributed by atoms with van der Waals surface area (Å²) in [6, 6.07) is 6.53. The Morgan fingerprint density at radius 2 is 2.18 bits per heavy atom. The second-order valence-electron chi connectivity index (χ2n) is 5.17. The zero-order valence-corrected chi connectivity index (χ0v) is 12.2. The Balaban J connectivity index is 1.68. The summed E-state index contributed by atoms with van der Waals surface area (Å²) < 4.78 is 6.14. The van der Waals surface area contributed by atoms with Crippen molar-refractivity contribution in [3.63, 3.8) is 0 Å². The van der Waals surface area contributed by atoms with Gasteiger partial charge in [0.1, 0.15) is 6.54 Å². The number of hydrogen-bond acceptors (Lipinski definition) is 5. The maximum atomic E-state index is 12.0. The first-order chi connectivity index (χ1) is 10.7. The van der Waals surface area contributed by atoms with Crippen molar-refractivity contribution < 1.29 is 9.53 Å². The number of hydrogen-bond donors (Lipinski definition) is 1. The first kappa shape index (κ1) is 14.2. The third-order valence-electron chi connectivity index (χ3n) is 3.41. The molecule has 3 rings (SSSR count). The number of rotatable bonds is 5. The van der Waals surface area contributed by atoms with E-state index in [1.54, 1.807) is 18.2 Å². The van der Waals surface area contributed by atoms with Crippen molar-refractivity contribution in [3.05, 3.63) is 46.5 Å². The van der Waals surface area contributed by atoms with Crippen LogP contribution in [0.5, 0.6) is 5.88 Å². The van der Waals surface area contributed by atoms with Gasteiger partial charge in [0.2, 0.25) is 11.8 Å². The van der Waals surface area contributed by atoms with E-state index < -0.39 is 0 Å². The van der Waals surface area contributed by atoms with Gasteiger partial charge in [0.15, 0.2) is 0 Å². The topological polar surface area (TPSA) is 86.1 Å². The molecule has 1 fully saturated rings. The van der Waals surface area contributed by atoms with E-state index in [1.807, 2.05) is 0 Å². The van der Waals surface area contributed by atoms with Crippen molar-refractivity contribution in [2.45, 2.75) is 25.3 Å². The highest BCUT2D eigenvalue weighted by molar-refractivity contribution is 5.90. The number of nitrogens with zero attached hydrogens (tertiary/aromatic N) is 3. The molecule has 0 unspecified atom stereocenters. The molecule has 1 aliphatic carbocycles. The monoisotopic (exact) mass is 300 g/mol. The predicted octanol–water partition coefficient (Wildman–Crippen LogP) is 1.16. The number of methoxy groups -OCH3 is 1. The molecule has 0 atom stereocenters. The minimum atomic E-state index is -0.325. The van der Waals surface area contributed by atoms with E-state index in [-0.39, 0.29) is 18.0 Å². The molecule has 114 valence electrons. The van der Waals surface area contributed by atoms with Crippen LogP contribution in [0.2, 0.25) is 0 Å². The van der Waals surface area contributed by atoms with Crippen molar-refractivity contribution in [2.75, 3.05) is 12.4 Å². The lowest BCUT2D eigenvalue weighted by atomic mass is 10.3. The number of anilines is 1. The minimum Gasteiger partial charge on any atom is -0.481 e. The number of pyridine rings is 1. The summed E-state index contributed by atoms with van der Waals surface area (Å²) in [7, 11) is 1.52. The fourth-order valence-corrected chi connectivity index (χ4v) is 2.09. The van der Waals surface area contributed by atoms with Crippen LogP contribution in [0, 0.1) is 0 Å². The Bertz CT molecular complexity index is 735. The highest BCUT2D eigenvalue weighted by Gasteiger charge is 2.25. The lowest BCUT2D eigenvalue weighted by Crippen LogP contribution is -2.29. The van der Waals surface area contributed by atoms with Gasteiger partial charge >= 0.3 is 0 Å². The first-order valence-corrected chi connectivity index (χ1v) is 7.03. The molecule has 1 aliphatic rings. The van der Waals surface area contributed by atoms with E-state index in [1.165, 1.54) is 24.1 Å². The number of amides is 1. The summed E-state index contributed by atoms with van der Waals surface area (Å²) in [4.78, 5) is 27.8. The van der Waals surface area contributed by atoms with Crippen LogP contribution in [-0.2, 0) is 11.3 Å². The number of nitrogens with one attached hydrogen (secondary N) is 1. The average molecular weight is 300 g/mol. The molecule has 2 aromatic rings. The molecule has 2 aromatic heterocycles. The van der Waals surface area contributed by atoms with Gasteiger partial charge in [-0.25, -0.2) is 9.67 Å². The van der Waals surface area contributed by atoms with E-state index >= 15 is 0 Å². The molecular formula is C15H16N4O3. The third kappa shape index (κ3) is 3.30. The van der Waals surface area contributed by atoms with Crippen LogP contribution < -0.4 is 15.6 Å². The molecule has 0 aromatic carbocycles. The fourth-order valence-electron chi connectivity index (χ4n) is 2.09. The molecule has 1 amide bonds. The predicted molar refractivity (Wildman–Crippen MR) is 79.9 cm³/mol. The molecule has 0 aliphatic heterocycles. The molecule has 0 spiro atoms. The second-order valence-corrected chi connectivity index (χ2v) is 5.17. The summed E-state index contributed by atoms with van der Waals surface area (Å²) in [6.07, 6.45) is 3.68. The Morgan fingerprint density at radius 1 is 1.36 bits per heavy atom. The summed E-state index contributed by atoms with van der Waals surface area (Å²) in [5.41, 5.74) is 1.13. The SMILES string of the molecule is COc1ccc(NC(=O)Cn2nc(C3CC3)ccc2=O)cn1. The first-order valence-electron chi connectivity index (χ1n) is 7.03. The number of aromatic nitrogens is 3. The maximum Gasteiger partial charge on any atom is 0.267 e. The zero-order valence-electron chi connectivity index (χ0n) is 12.2. The van der Waals surface area contributed by atoms with E-state index in [2.05, 4.69) is 15.4 Å². The Labute approximate surface area is 126 Å². The lowest BCUT2D eigenvalue weighted by Gasteiger charge is -2.08. The molecule has 1 N–H and O–H groups in total. The van der Waals surface area contributed by atoms with E-state index in [4.69, 9.17) is 4.74 Å². The minimum absolute atomic E-state index is 0.120. The van der Waals surface area contributed by atoms with Gasteiger partial charge in [-0.2, -0.15) is 5.10 Å². The summed E-state index contributed by atoms with van der Waals surface area (Å²) in [5, 5.41) is 6.93. The van der Waals surface area contributed by atoms with Gasteiger partial charge in [-0.1, -0.05) is 0 Å². The third-order valence-corrected chi connectivity index (χ3v) is 3.41. The van der Waals surface area contributed by atoms with Gasteiger partial charge in [0, 0.05) is 18.1 Å². The van der Waals surface area contributed by atoms with Gasteiger partial charge < -0.3 is 10.1 Å². The van der Waals surface area contributed by atoms with Crippen LogP contribution in [0.4, 0.5) is 5.69 Å². The van der Waals surface area contributed by atoms with Crippen LogP contribution in [-0.4, -0.2) is 27.8 Å². The average Bonchev–Trinajstić information content (AvgIpc) is 3.35. The van der Waals surface area contributed by atoms with E-state index in [9.17, 15) is 9.59 Å².